The van der Waals surface area contributed by atoms with Crippen LogP contribution in [0, 0.1) is 0 Å². The highest BCUT2D eigenvalue weighted by atomic mass is 32.1. The smallest absolute Gasteiger partial charge is 0.332 e. The standard InChI is InChI=1S/C20H19N3O4S/c1-12(24)13-4-2-5-15(10-13)23-19(26)16-11-14(7-8-22(16)20(23)27)21-18(25)17-6-3-9-28-17/h2-6,9-10,14,16H,7-8,11H2,1H3,(H,21,25)/t14-,16-/m0/s1. The number of nitrogens with one attached hydrogen (secondary N) is 1. The molecule has 2 saturated heterocycles. The maximum absolute atomic E-state index is 13.0. The van der Waals surface area contributed by atoms with Gasteiger partial charge in [0.1, 0.15) is 6.04 Å². The van der Waals surface area contributed by atoms with Crippen molar-refractivity contribution in [2.45, 2.75) is 31.8 Å². The van der Waals surface area contributed by atoms with Crippen LogP contribution >= 0.6 is 11.3 Å². The number of rotatable bonds is 4. The normalized spacial score (nSPS) is 21.6. The Kier molecular flexibility index (Phi) is 4.72. The molecule has 3 heterocycles. The number of Topliss-reactive ketones (excluding diaryl/α,β-unsaturated/α-hetero) is 1. The van der Waals surface area contributed by atoms with Crippen molar-refractivity contribution < 1.29 is 19.2 Å². The second kappa shape index (κ2) is 7.20. The molecule has 0 radical (unpaired) electrons. The summed E-state index contributed by atoms with van der Waals surface area (Å²) < 4.78 is 0. The summed E-state index contributed by atoms with van der Waals surface area (Å²) >= 11 is 1.36. The quantitative estimate of drug-likeness (QED) is 0.635. The van der Waals surface area contributed by atoms with Gasteiger partial charge in [0.2, 0.25) is 0 Å². The molecule has 8 heteroatoms. The Hall–Kier alpha value is -3.00. The van der Waals surface area contributed by atoms with Crippen LogP contribution in [0.4, 0.5) is 10.5 Å². The molecular weight excluding hydrogens is 378 g/mol. The van der Waals surface area contributed by atoms with Crippen molar-refractivity contribution in [3.8, 4) is 0 Å². The van der Waals surface area contributed by atoms with Crippen molar-refractivity contribution in [1.82, 2.24) is 10.2 Å². The number of carbonyl (C=O) groups excluding carboxylic acids is 4. The van der Waals surface area contributed by atoms with Crippen LogP contribution in [0.15, 0.2) is 41.8 Å². The minimum absolute atomic E-state index is 0.130. The van der Waals surface area contributed by atoms with E-state index in [1.807, 2.05) is 11.4 Å². The van der Waals surface area contributed by atoms with Crippen LogP contribution in [0.25, 0.3) is 0 Å². The highest BCUT2D eigenvalue weighted by Crippen LogP contribution is 2.31. The third-order valence-corrected chi connectivity index (χ3v) is 6.00. The average Bonchev–Trinajstić information content (AvgIpc) is 3.30. The van der Waals surface area contributed by atoms with E-state index in [9.17, 15) is 19.2 Å². The van der Waals surface area contributed by atoms with E-state index in [1.54, 1.807) is 35.2 Å². The topological polar surface area (TPSA) is 86.8 Å². The van der Waals surface area contributed by atoms with E-state index in [0.717, 1.165) is 4.90 Å². The van der Waals surface area contributed by atoms with Crippen molar-refractivity contribution in [2.75, 3.05) is 11.4 Å². The van der Waals surface area contributed by atoms with Gasteiger partial charge in [0, 0.05) is 18.2 Å². The number of imide groups is 1. The van der Waals surface area contributed by atoms with E-state index in [4.69, 9.17) is 0 Å². The lowest BCUT2D eigenvalue weighted by atomic mass is 9.98. The lowest BCUT2D eigenvalue weighted by Crippen LogP contribution is -2.49. The molecule has 2 aliphatic rings. The molecule has 7 nitrogen and oxygen atoms in total. The molecule has 2 aliphatic heterocycles. The molecule has 0 aliphatic carbocycles. The Morgan fingerprint density at radius 1 is 1.18 bits per heavy atom. The van der Waals surface area contributed by atoms with Gasteiger partial charge in [0.05, 0.1) is 10.6 Å². The van der Waals surface area contributed by atoms with E-state index >= 15 is 0 Å². The molecule has 2 fully saturated rings. The van der Waals surface area contributed by atoms with Crippen molar-refractivity contribution in [2.24, 2.45) is 0 Å². The molecule has 0 saturated carbocycles. The summed E-state index contributed by atoms with van der Waals surface area (Å²) in [7, 11) is 0. The molecule has 0 spiro atoms. The summed E-state index contributed by atoms with van der Waals surface area (Å²) in [5, 5.41) is 4.80. The number of benzene rings is 1. The SMILES string of the molecule is CC(=O)c1cccc(N2C(=O)[C@@H]3C[C@@H](NC(=O)c4cccs4)CCN3C2=O)c1. The zero-order chi connectivity index (χ0) is 19.8. The lowest BCUT2D eigenvalue weighted by molar-refractivity contribution is -0.120. The third-order valence-electron chi connectivity index (χ3n) is 5.14. The van der Waals surface area contributed by atoms with Gasteiger partial charge in [0.15, 0.2) is 5.78 Å². The van der Waals surface area contributed by atoms with Crippen molar-refractivity contribution in [1.29, 1.82) is 0 Å². The Morgan fingerprint density at radius 2 is 2.00 bits per heavy atom. The summed E-state index contributed by atoms with van der Waals surface area (Å²) in [6.45, 7) is 1.84. The number of ketones is 1. The van der Waals surface area contributed by atoms with Gasteiger partial charge in [-0.15, -0.1) is 11.3 Å². The summed E-state index contributed by atoms with van der Waals surface area (Å²) in [6, 6.07) is 8.94. The van der Waals surface area contributed by atoms with Crippen LogP contribution in [-0.2, 0) is 4.79 Å². The highest BCUT2D eigenvalue weighted by molar-refractivity contribution is 7.12. The molecule has 1 N–H and O–H groups in total. The average molecular weight is 397 g/mol. The zero-order valence-corrected chi connectivity index (χ0v) is 16.1. The number of urea groups is 1. The summed E-state index contributed by atoms with van der Waals surface area (Å²) in [5.41, 5.74) is 0.848. The number of hydrogen-bond acceptors (Lipinski definition) is 5. The predicted molar refractivity (Wildman–Crippen MR) is 105 cm³/mol. The number of hydrogen-bond donors (Lipinski definition) is 1. The van der Waals surface area contributed by atoms with Gasteiger partial charge in [-0.25, -0.2) is 9.69 Å². The van der Waals surface area contributed by atoms with Gasteiger partial charge >= 0.3 is 6.03 Å². The molecule has 28 heavy (non-hydrogen) atoms. The van der Waals surface area contributed by atoms with E-state index < -0.39 is 6.04 Å². The highest BCUT2D eigenvalue weighted by Gasteiger charge is 2.48. The van der Waals surface area contributed by atoms with Crippen LogP contribution in [0.2, 0.25) is 0 Å². The molecular formula is C20H19N3O4S. The second-order valence-corrected chi connectivity index (χ2v) is 7.89. The fourth-order valence-electron chi connectivity index (χ4n) is 3.70. The number of nitrogens with zero attached hydrogens (tertiary/aromatic N) is 2. The van der Waals surface area contributed by atoms with Crippen LogP contribution in [0.5, 0.6) is 0 Å². The van der Waals surface area contributed by atoms with Crippen LogP contribution < -0.4 is 10.2 Å². The lowest BCUT2D eigenvalue weighted by Gasteiger charge is -2.32. The van der Waals surface area contributed by atoms with Crippen LogP contribution in [0.3, 0.4) is 0 Å². The fraction of sp³-hybridized carbons (Fsp3) is 0.300. The van der Waals surface area contributed by atoms with E-state index in [2.05, 4.69) is 5.32 Å². The molecule has 144 valence electrons. The van der Waals surface area contributed by atoms with Crippen LogP contribution in [-0.4, -0.2) is 47.2 Å². The number of carbonyl (C=O) groups is 4. The van der Waals surface area contributed by atoms with Crippen LogP contribution in [0.1, 0.15) is 39.8 Å². The van der Waals surface area contributed by atoms with Crippen molar-refractivity contribution in [3.05, 3.63) is 52.2 Å². The summed E-state index contributed by atoms with van der Waals surface area (Å²) in [5.74, 6) is -0.605. The van der Waals surface area contributed by atoms with Gasteiger partial charge in [-0.3, -0.25) is 14.4 Å². The minimum Gasteiger partial charge on any atom is -0.348 e. The molecule has 2 atom stereocenters. The third kappa shape index (κ3) is 3.20. The maximum atomic E-state index is 13.0. The summed E-state index contributed by atoms with van der Waals surface area (Å²) in [6.07, 6.45) is 0.971. The van der Waals surface area contributed by atoms with Gasteiger partial charge in [-0.05, 0) is 43.3 Å². The number of anilines is 1. The number of amides is 4. The molecule has 0 bridgehead atoms. The molecule has 4 amide bonds. The first kappa shape index (κ1) is 18.4. The Labute approximate surface area is 165 Å². The van der Waals surface area contributed by atoms with Gasteiger partial charge in [-0.2, -0.15) is 0 Å². The summed E-state index contributed by atoms with van der Waals surface area (Å²) in [4.78, 5) is 53.0. The molecule has 1 aromatic carbocycles. The van der Waals surface area contributed by atoms with E-state index in [0.29, 0.717) is 35.5 Å². The van der Waals surface area contributed by atoms with Gasteiger partial charge < -0.3 is 10.2 Å². The number of piperidine rings is 1. The molecule has 4 rings (SSSR count). The second-order valence-electron chi connectivity index (χ2n) is 6.94. The zero-order valence-electron chi connectivity index (χ0n) is 15.3. The first-order chi connectivity index (χ1) is 13.5. The first-order valence-corrected chi connectivity index (χ1v) is 9.93. The molecule has 2 aromatic rings. The first-order valence-electron chi connectivity index (χ1n) is 9.05. The van der Waals surface area contributed by atoms with Gasteiger partial charge in [-0.1, -0.05) is 18.2 Å². The molecule has 1 aromatic heterocycles. The minimum atomic E-state index is -0.601. The fourth-order valence-corrected chi connectivity index (χ4v) is 4.32. The Balaban J connectivity index is 1.51. The number of fused-ring (bicyclic) bond motifs is 1. The van der Waals surface area contributed by atoms with E-state index in [-0.39, 0.29) is 29.7 Å². The number of thiophene rings is 1. The predicted octanol–water partition coefficient (Wildman–Crippen LogP) is 2.68. The Bertz CT molecular complexity index is 956. The van der Waals surface area contributed by atoms with E-state index in [1.165, 1.54) is 18.3 Å². The van der Waals surface area contributed by atoms with Crippen molar-refractivity contribution >= 4 is 40.7 Å². The molecule has 0 unspecified atom stereocenters. The maximum Gasteiger partial charge on any atom is 0.332 e. The van der Waals surface area contributed by atoms with Crippen molar-refractivity contribution in [3.63, 3.8) is 0 Å². The Morgan fingerprint density at radius 3 is 2.71 bits per heavy atom. The monoisotopic (exact) mass is 397 g/mol. The largest absolute Gasteiger partial charge is 0.348 e. The van der Waals surface area contributed by atoms with Gasteiger partial charge in [0.25, 0.3) is 11.8 Å².